The molecule has 1 saturated heterocycles. The molecular formula is C18H25FN4O. The summed E-state index contributed by atoms with van der Waals surface area (Å²) in [6, 6.07) is 7.23. The first-order valence-electron chi connectivity index (χ1n) is 8.66. The van der Waals surface area contributed by atoms with E-state index in [4.69, 9.17) is 0 Å². The highest BCUT2D eigenvalue weighted by Gasteiger charge is 2.41. The Balaban J connectivity index is 1.60. The molecular weight excluding hydrogens is 307 g/mol. The molecule has 1 aliphatic heterocycles. The van der Waals surface area contributed by atoms with E-state index in [1.807, 2.05) is 24.0 Å². The minimum absolute atomic E-state index is 0.124. The van der Waals surface area contributed by atoms with E-state index in [1.54, 1.807) is 13.0 Å². The molecule has 2 unspecified atom stereocenters. The van der Waals surface area contributed by atoms with Crippen LogP contribution in [0.15, 0.2) is 29.3 Å². The molecule has 1 aromatic rings. The van der Waals surface area contributed by atoms with E-state index in [0.29, 0.717) is 6.54 Å². The van der Waals surface area contributed by atoms with Gasteiger partial charge in [0.15, 0.2) is 5.96 Å². The Morgan fingerprint density at radius 1 is 1.25 bits per heavy atom. The second-order valence-corrected chi connectivity index (χ2v) is 6.41. The third-order valence-corrected chi connectivity index (χ3v) is 4.74. The van der Waals surface area contributed by atoms with Gasteiger partial charge in [0.25, 0.3) is 0 Å². The summed E-state index contributed by atoms with van der Waals surface area (Å²) in [5, 5.41) is 3.49. The summed E-state index contributed by atoms with van der Waals surface area (Å²) in [6.07, 6.45) is 0.928. The molecule has 3 rings (SSSR count). The lowest BCUT2D eigenvalue weighted by atomic mass is 10.1. The molecule has 5 nitrogen and oxygen atoms in total. The number of halogens is 1. The molecule has 1 amide bonds. The fourth-order valence-corrected chi connectivity index (χ4v) is 3.26. The SMILES string of the molecule is CCN=C(NC1CC1c1ccccc1F)N1CCN(C(C)=O)CC1. The number of rotatable bonds is 3. The molecule has 1 aliphatic carbocycles. The third-order valence-electron chi connectivity index (χ3n) is 4.74. The van der Waals surface area contributed by atoms with Crippen LogP contribution in [0.1, 0.15) is 31.7 Å². The van der Waals surface area contributed by atoms with E-state index in [2.05, 4.69) is 15.2 Å². The van der Waals surface area contributed by atoms with Crippen molar-refractivity contribution in [2.24, 2.45) is 4.99 Å². The van der Waals surface area contributed by atoms with Crippen LogP contribution in [-0.4, -0.2) is 60.4 Å². The number of aliphatic imine (C=N–C) groups is 1. The van der Waals surface area contributed by atoms with Crippen molar-refractivity contribution in [2.75, 3.05) is 32.7 Å². The van der Waals surface area contributed by atoms with Gasteiger partial charge in [-0.05, 0) is 25.0 Å². The monoisotopic (exact) mass is 332 g/mol. The second-order valence-electron chi connectivity index (χ2n) is 6.41. The van der Waals surface area contributed by atoms with Crippen LogP contribution in [0.2, 0.25) is 0 Å². The molecule has 2 aliphatic rings. The van der Waals surface area contributed by atoms with E-state index in [0.717, 1.165) is 44.1 Å². The maximum atomic E-state index is 13.9. The molecule has 130 valence electrons. The Kier molecular flexibility index (Phi) is 5.02. The molecule has 1 N–H and O–H groups in total. The highest BCUT2D eigenvalue weighted by Crippen LogP contribution is 2.41. The van der Waals surface area contributed by atoms with E-state index < -0.39 is 0 Å². The molecule has 2 fully saturated rings. The number of piperazine rings is 1. The van der Waals surface area contributed by atoms with Gasteiger partial charge in [0.1, 0.15) is 5.82 Å². The maximum absolute atomic E-state index is 13.9. The van der Waals surface area contributed by atoms with E-state index in [9.17, 15) is 9.18 Å². The van der Waals surface area contributed by atoms with Crippen molar-refractivity contribution in [1.29, 1.82) is 0 Å². The summed E-state index contributed by atoms with van der Waals surface area (Å²) in [4.78, 5) is 20.1. The Bertz CT molecular complexity index is 625. The number of guanidine groups is 1. The Morgan fingerprint density at radius 3 is 2.54 bits per heavy atom. The zero-order chi connectivity index (χ0) is 17.1. The Labute approximate surface area is 142 Å². The van der Waals surface area contributed by atoms with Gasteiger partial charge < -0.3 is 15.1 Å². The van der Waals surface area contributed by atoms with Crippen molar-refractivity contribution in [2.45, 2.75) is 32.2 Å². The average molecular weight is 332 g/mol. The zero-order valence-corrected chi connectivity index (χ0v) is 14.3. The number of hydrogen-bond donors (Lipinski definition) is 1. The quantitative estimate of drug-likeness (QED) is 0.678. The first-order valence-corrected chi connectivity index (χ1v) is 8.66. The number of benzene rings is 1. The molecule has 0 aromatic heterocycles. The van der Waals surface area contributed by atoms with Crippen LogP contribution in [0, 0.1) is 5.82 Å². The van der Waals surface area contributed by atoms with E-state index >= 15 is 0 Å². The van der Waals surface area contributed by atoms with Crippen molar-refractivity contribution in [1.82, 2.24) is 15.1 Å². The summed E-state index contributed by atoms with van der Waals surface area (Å²) in [6.45, 7) is 7.33. The van der Waals surface area contributed by atoms with Crippen LogP contribution in [0.4, 0.5) is 4.39 Å². The van der Waals surface area contributed by atoms with Crippen molar-refractivity contribution in [3.05, 3.63) is 35.6 Å². The van der Waals surface area contributed by atoms with Gasteiger partial charge >= 0.3 is 0 Å². The minimum Gasteiger partial charge on any atom is -0.353 e. The summed E-state index contributed by atoms with van der Waals surface area (Å²) in [5.74, 6) is 1.09. The summed E-state index contributed by atoms with van der Waals surface area (Å²) < 4.78 is 13.9. The van der Waals surface area contributed by atoms with E-state index in [-0.39, 0.29) is 23.7 Å². The lowest BCUT2D eigenvalue weighted by molar-refractivity contribution is -0.130. The van der Waals surface area contributed by atoms with Gasteiger partial charge in [-0.3, -0.25) is 9.79 Å². The highest BCUT2D eigenvalue weighted by atomic mass is 19.1. The van der Waals surface area contributed by atoms with Gasteiger partial charge in [-0.25, -0.2) is 4.39 Å². The topological polar surface area (TPSA) is 47.9 Å². The summed E-state index contributed by atoms with van der Waals surface area (Å²) in [5.41, 5.74) is 0.784. The zero-order valence-electron chi connectivity index (χ0n) is 14.3. The molecule has 24 heavy (non-hydrogen) atoms. The molecule has 0 spiro atoms. The number of nitrogens with zero attached hydrogens (tertiary/aromatic N) is 3. The summed E-state index contributed by atoms with van der Waals surface area (Å²) >= 11 is 0. The number of amides is 1. The molecule has 1 saturated carbocycles. The van der Waals surface area contributed by atoms with Crippen molar-refractivity contribution in [3.8, 4) is 0 Å². The normalized spacial score (nSPS) is 24.0. The average Bonchev–Trinajstić information content (AvgIpc) is 3.34. The standard InChI is InChI=1S/C18H25FN4O/c1-3-20-18(23-10-8-22(9-11-23)13(2)24)21-17-12-15(17)14-6-4-5-7-16(14)19/h4-7,15,17H,3,8-12H2,1-2H3,(H,20,21). The molecule has 1 aromatic carbocycles. The number of nitrogens with one attached hydrogen (secondary N) is 1. The van der Waals surface area contributed by atoms with Gasteiger partial charge in [0.05, 0.1) is 0 Å². The van der Waals surface area contributed by atoms with Gasteiger partial charge in [0.2, 0.25) is 5.91 Å². The molecule has 1 heterocycles. The van der Waals surface area contributed by atoms with Crippen molar-refractivity contribution >= 4 is 11.9 Å². The smallest absolute Gasteiger partial charge is 0.219 e. The van der Waals surface area contributed by atoms with Crippen LogP contribution < -0.4 is 5.32 Å². The van der Waals surface area contributed by atoms with Crippen LogP contribution in [0.5, 0.6) is 0 Å². The van der Waals surface area contributed by atoms with Crippen LogP contribution >= 0.6 is 0 Å². The fraction of sp³-hybridized carbons (Fsp3) is 0.556. The van der Waals surface area contributed by atoms with Crippen molar-refractivity contribution < 1.29 is 9.18 Å². The van der Waals surface area contributed by atoms with Crippen LogP contribution in [-0.2, 0) is 4.79 Å². The first kappa shape index (κ1) is 16.7. The number of carbonyl (C=O) groups excluding carboxylic acids is 1. The Hall–Kier alpha value is -2.11. The fourth-order valence-electron chi connectivity index (χ4n) is 3.26. The molecule has 0 bridgehead atoms. The lowest BCUT2D eigenvalue weighted by Crippen LogP contribution is -2.53. The lowest BCUT2D eigenvalue weighted by Gasteiger charge is -2.36. The Morgan fingerprint density at radius 2 is 1.92 bits per heavy atom. The van der Waals surface area contributed by atoms with Gasteiger partial charge in [0, 0.05) is 51.6 Å². The number of hydrogen-bond acceptors (Lipinski definition) is 2. The van der Waals surface area contributed by atoms with Gasteiger partial charge in [-0.1, -0.05) is 18.2 Å². The van der Waals surface area contributed by atoms with Gasteiger partial charge in [-0.15, -0.1) is 0 Å². The molecule has 0 radical (unpaired) electrons. The van der Waals surface area contributed by atoms with Crippen molar-refractivity contribution in [3.63, 3.8) is 0 Å². The number of carbonyl (C=O) groups is 1. The predicted molar refractivity (Wildman–Crippen MR) is 92.5 cm³/mol. The predicted octanol–water partition coefficient (Wildman–Crippen LogP) is 1.81. The maximum Gasteiger partial charge on any atom is 0.219 e. The summed E-state index contributed by atoms with van der Waals surface area (Å²) in [7, 11) is 0. The second kappa shape index (κ2) is 7.20. The van der Waals surface area contributed by atoms with Crippen LogP contribution in [0.25, 0.3) is 0 Å². The minimum atomic E-state index is -0.129. The molecule has 2 atom stereocenters. The first-order chi connectivity index (χ1) is 11.6. The largest absolute Gasteiger partial charge is 0.353 e. The van der Waals surface area contributed by atoms with Crippen LogP contribution in [0.3, 0.4) is 0 Å². The highest BCUT2D eigenvalue weighted by molar-refractivity contribution is 5.81. The van der Waals surface area contributed by atoms with E-state index in [1.165, 1.54) is 6.07 Å². The molecule has 6 heteroatoms. The van der Waals surface area contributed by atoms with Gasteiger partial charge in [-0.2, -0.15) is 0 Å². The third kappa shape index (κ3) is 3.68.